The van der Waals surface area contributed by atoms with Gasteiger partial charge in [-0.25, -0.2) is 4.89 Å². The van der Waals surface area contributed by atoms with Crippen LogP contribution in [0.15, 0.2) is 36.5 Å². The van der Waals surface area contributed by atoms with E-state index < -0.39 is 0 Å². The van der Waals surface area contributed by atoms with Crippen molar-refractivity contribution in [3.63, 3.8) is 0 Å². The quantitative estimate of drug-likeness (QED) is 0.452. The summed E-state index contributed by atoms with van der Waals surface area (Å²) in [6.07, 6.45) is 18.6. The molecule has 0 spiro atoms. The standard InChI is InChI=1S/C16H24O2/c1-15(8-4-3-5-9-15)11-12-16(2)10-6-7-14(13-16)18-17/h3-4,6-7,11-12,14,17H,5,8-10,13H2,1-2H3/b12-11+. The van der Waals surface area contributed by atoms with E-state index in [1.807, 2.05) is 6.08 Å². The Hall–Kier alpha value is -0.860. The van der Waals surface area contributed by atoms with Crippen LogP contribution in [0, 0.1) is 10.8 Å². The monoisotopic (exact) mass is 248 g/mol. The maximum absolute atomic E-state index is 8.81. The minimum atomic E-state index is -0.160. The molecule has 2 aliphatic carbocycles. The summed E-state index contributed by atoms with van der Waals surface area (Å²) in [7, 11) is 0. The lowest BCUT2D eigenvalue weighted by Crippen LogP contribution is -2.26. The predicted molar refractivity (Wildman–Crippen MR) is 74.2 cm³/mol. The predicted octanol–water partition coefficient (Wildman–Crippen LogP) is 4.50. The summed E-state index contributed by atoms with van der Waals surface area (Å²) in [5.74, 6) is 0. The van der Waals surface area contributed by atoms with Crippen molar-refractivity contribution in [1.82, 2.24) is 0 Å². The van der Waals surface area contributed by atoms with Crippen molar-refractivity contribution in [2.45, 2.75) is 52.1 Å². The summed E-state index contributed by atoms with van der Waals surface area (Å²) < 4.78 is 0. The first-order valence-corrected chi connectivity index (χ1v) is 6.88. The Bertz CT molecular complexity index is 369. The summed E-state index contributed by atoms with van der Waals surface area (Å²) in [6.45, 7) is 4.57. The Morgan fingerprint density at radius 2 is 1.83 bits per heavy atom. The van der Waals surface area contributed by atoms with Gasteiger partial charge in [0.2, 0.25) is 0 Å². The molecule has 0 radical (unpaired) electrons. The van der Waals surface area contributed by atoms with Gasteiger partial charge in [-0.3, -0.25) is 5.26 Å². The molecule has 2 nitrogen and oxygen atoms in total. The molecule has 2 heteroatoms. The first-order valence-electron chi connectivity index (χ1n) is 6.88. The van der Waals surface area contributed by atoms with Gasteiger partial charge in [-0.05, 0) is 42.9 Å². The Morgan fingerprint density at radius 3 is 2.50 bits per heavy atom. The molecule has 0 saturated carbocycles. The molecule has 0 heterocycles. The van der Waals surface area contributed by atoms with Crippen LogP contribution in [0.4, 0.5) is 0 Å². The molecule has 1 N–H and O–H groups in total. The van der Waals surface area contributed by atoms with Crippen LogP contribution < -0.4 is 0 Å². The van der Waals surface area contributed by atoms with E-state index in [1.165, 1.54) is 12.8 Å². The van der Waals surface area contributed by atoms with Gasteiger partial charge in [0, 0.05) is 0 Å². The molecule has 3 unspecified atom stereocenters. The third-order valence-corrected chi connectivity index (χ3v) is 4.26. The van der Waals surface area contributed by atoms with Crippen LogP contribution in [0.3, 0.4) is 0 Å². The molecule has 0 bridgehead atoms. The fourth-order valence-corrected chi connectivity index (χ4v) is 2.85. The lowest BCUT2D eigenvalue weighted by atomic mass is 9.73. The highest BCUT2D eigenvalue weighted by Gasteiger charge is 2.29. The molecule has 0 aromatic heterocycles. The minimum absolute atomic E-state index is 0.103. The van der Waals surface area contributed by atoms with Crippen LogP contribution in [0.5, 0.6) is 0 Å². The van der Waals surface area contributed by atoms with Crippen molar-refractivity contribution in [3.05, 3.63) is 36.5 Å². The fraction of sp³-hybridized carbons (Fsp3) is 0.625. The van der Waals surface area contributed by atoms with Crippen LogP contribution in [-0.2, 0) is 4.89 Å². The average molecular weight is 248 g/mol. The molecule has 2 rings (SSSR count). The second kappa shape index (κ2) is 5.41. The molecule has 0 saturated heterocycles. The van der Waals surface area contributed by atoms with E-state index in [0.29, 0.717) is 5.41 Å². The van der Waals surface area contributed by atoms with Crippen molar-refractivity contribution >= 4 is 0 Å². The van der Waals surface area contributed by atoms with E-state index in [2.05, 4.69) is 49.1 Å². The molecule has 0 amide bonds. The van der Waals surface area contributed by atoms with Crippen LogP contribution >= 0.6 is 0 Å². The highest BCUT2D eigenvalue weighted by atomic mass is 17.1. The average Bonchev–Trinajstić information content (AvgIpc) is 2.38. The first-order chi connectivity index (χ1) is 8.55. The third-order valence-electron chi connectivity index (χ3n) is 4.26. The summed E-state index contributed by atoms with van der Waals surface area (Å²) in [6, 6.07) is 0. The van der Waals surface area contributed by atoms with Gasteiger partial charge < -0.3 is 0 Å². The van der Waals surface area contributed by atoms with Gasteiger partial charge in [0.15, 0.2) is 0 Å². The lowest BCUT2D eigenvalue weighted by Gasteiger charge is -2.33. The van der Waals surface area contributed by atoms with E-state index in [-0.39, 0.29) is 11.5 Å². The van der Waals surface area contributed by atoms with E-state index in [0.717, 1.165) is 19.3 Å². The molecular formula is C16H24O2. The van der Waals surface area contributed by atoms with E-state index in [9.17, 15) is 0 Å². The highest BCUT2D eigenvalue weighted by Crippen LogP contribution is 2.39. The first kappa shape index (κ1) is 13.6. The van der Waals surface area contributed by atoms with Crippen molar-refractivity contribution in [1.29, 1.82) is 0 Å². The fourth-order valence-electron chi connectivity index (χ4n) is 2.85. The Kier molecular flexibility index (Phi) is 4.08. The van der Waals surface area contributed by atoms with Crippen molar-refractivity contribution < 1.29 is 10.1 Å². The number of rotatable bonds is 3. The zero-order valence-electron chi connectivity index (χ0n) is 11.4. The van der Waals surface area contributed by atoms with Gasteiger partial charge in [0.05, 0.1) is 0 Å². The zero-order chi connectivity index (χ0) is 13.1. The van der Waals surface area contributed by atoms with Gasteiger partial charge >= 0.3 is 0 Å². The molecule has 0 aromatic rings. The number of allylic oxidation sites excluding steroid dienone is 5. The molecule has 3 atom stereocenters. The second-order valence-corrected chi connectivity index (χ2v) is 6.34. The SMILES string of the molecule is CC1(/C=C/C2(C)CC=CC(OO)C2)CC=CCC1. The highest BCUT2D eigenvalue weighted by molar-refractivity contribution is 5.14. The summed E-state index contributed by atoms with van der Waals surface area (Å²) >= 11 is 0. The van der Waals surface area contributed by atoms with Crippen LogP contribution in [0.25, 0.3) is 0 Å². The van der Waals surface area contributed by atoms with Crippen molar-refractivity contribution in [2.75, 3.05) is 0 Å². The molecule has 100 valence electrons. The second-order valence-electron chi connectivity index (χ2n) is 6.34. The number of hydrogen-bond acceptors (Lipinski definition) is 2. The van der Waals surface area contributed by atoms with E-state index >= 15 is 0 Å². The molecule has 0 aliphatic heterocycles. The third kappa shape index (κ3) is 3.33. The molecule has 0 fully saturated rings. The number of hydrogen-bond donors (Lipinski definition) is 1. The van der Waals surface area contributed by atoms with Crippen molar-refractivity contribution in [2.24, 2.45) is 10.8 Å². The Morgan fingerprint density at radius 1 is 1.11 bits per heavy atom. The Balaban J connectivity index is 2.03. The van der Waals surface area contributed by atoms with Crippen LogP contribution in [-0.4, -0.2) is 11.4 Å². The van der Waals surface area contributed by atoms with Gasteiger partial charge in [0.25, 0.3) is 0 Å². The maximum atomic E-state index is 8.81. The normalized spacial score (nSPS) is 40.5. The topological polar surface area (TPSA) is 29.5 Å². The molecule has 2 aliphatic rings. The smallest absolute Gasteiger partial charge is 0.112 e. The zero-order valence-corrected chi connectivity index (χ0v) is 11.4. The summed E-state index contributed by atoms with van der Waals surface area (Å²) in [5.41, 5.74) is 0.404. The van der Waals surface area contributed by atoms with E-state index in [4.69, 9.17) is 5.26 Å². The van der Waals surface area contributed by atoms with Crippen molar-refractivity contribution in [3.8, 4) is 0 Å². The summed E-state index contributed by atoms with van der Waals surface area (Å²) in [4.78, 5) is 4.47. The van der Waals surface area contributed by atoms with Gasteiger partial charge in [0.1, 0.15) is 6.10 Å². The Labute approximate surface area is 110 Å². The maximum Gasteiger partial charge on any atom is 0.112 e. The molecular weight excluding hydrogens is 224 g/mol. The molecule has 0 aromatic carbocycles. The largest absolute Gasteiger partial charge is 0.251 e. The van der Waals surface area contributed by atoms with Gasteiger partial charge in [-0.2, -0.15) is 0 Å². The minimum Gasteiger partial charge on any atom is -0.251 e. The van der Waals surface area contributed by atoms with E-state index in [1.54, 1.807) is 0 Å². The summed E-state index contributed by atoms with van der Waals surface area (Å²) in [5, 5.41) is 8.81. The van der Waals surface area contributed by atoms with Crippen LogP contribution in [0.2, 0.25) is 0 Å². The lowest BCUT2D eigenvalue weighted by molar-refractivity contribution is -0.271. The van der Waals surface area contributed by atoms with Gasteiger partial charge in [-0.15, -0.1) is 0 Å². The van der Waals surface area contributed by atoms with Gasteiger partial charge in [-0.1, -0.05) is 50.3 Å². The molecule has 18 heavy (non-hydrogen) atoms. The van der Waals surface area contributed by atoms with Crippen LogP contribution in [0.1, 0.15) is 46.0 Å².